The molecule has 0 rings (SSSR count). The molecule has 0 saturated carbocycles. The number of aliphatic carboxylic acids is 1. The summed E-state index contributed by atoms with van der Waals surface area (Å²) >= 11 is 4.20. The molecule has 0 bridgehead atoms. The van der Waals surface area contributed by atoms with Crippen molar-refractivity contribution < 1.29 is 38.5 Å². The Kier molecular flexibility index (Phi) is 7.41. The number of rotatable bonds is 1. The van der Waals surface area contributed by atoms with E-state index in [0.717, 1.165) is 0 Å². The van der Waals surface area contributed by atoms with Crippen LogP contribution < -0.4 is 5.11 Å². The van der Waals surface area contributed by atoms with E-state index in [0.29, 0.717) is 5.39 Å². The minimum atomic E-state index is -5.19. The molecule has 0 unspecified atom stereocenters. The normalized spacial score (nSPS) is 9.55. The molecule has 0 aliphatic carbocycles. The van der Waals surface area contributed by atoms with Gasteiger partial charge in [0.25, 0.3) is 0 Å². The Morgan fingerprint density at radius 1 is 1.64 bits per heavy atom. The molecule has 0 heterocycles. The number of carbonyl (C=O) groups excluding carboxylic acids is 1. The van der Waals surface area contributed by atoms with Crippen LogP contribution in [0.3, 0.4) is 0 Å². The Bertz CT molecular complexity index is 132. The molecule has 0 N–H and O–H groups in total. The number of carbonyl (C=O) groups is 1. The van der Waals surface area contributed by atoms with Crippen LogP contribution in [-0.4, -0.2) is 12.1 Å². The molecule has 6 heteroatoms. The first-order chi connectivity index (χ1) is 4.86. The summed E-state index contributed by atoms with van der Waals surface area (Å²) in [5.41, 5.74) is 0. The fourth-order valence-electron chi connectivity index (χ4n) is 0. The second-order valence-electron chi connectivity index (χ2n) is 1.20. The molecular formula is C5H5F3NiO2. The molecule has 11 heavy (non-hydrogen) atoms. The minimum Gasteiger partial charge on any atom is -0.542 e. The van der Waals surface area contributed by atoms with E-state index < -0.39 is 12.1 Å². The first kappa shape index (κ1) is 13.1. The van der Waals surface area contributed by atoms with Gasteiger partial charge in [-0.25, -0.2) is 0 Å². The molecule has 0 saturated heterocycles. The second-order valence-corrected chi connectivity index (χ2v) is 1.61. The van der Waals surface area contributed by atoms with Gasteiger partial charge in [-0.3, -0.25) is 0 Å². The molecule has 0 aliphatic rings. The van der Waals surface area contributed by atoms with Crippen molar-refractivity contribution in [2.75, 3.05) is 0 Å². The van der Waals surface area contributed by atoms with E-state index in [4.69, 9.17) is 9.90 Å². The standard InChI is InChI=1S/C3H5.C2HF3O2.Ni/c1-3-2;3-2(4,5)1(6)7;/h3H,1-2H2;(H,6,7);/q;;+1/p-1. The number of alkyl halides is 3. The molecule has 0 amide bonds. The van der Waals surface area contributed by atoms with Crippen molar-refractivity contribution in [1.82, 2.24) is 0 Å². The van der Waals surface area contributed by atoms with Crippen LogP contribution in [0.15, 0.2) is 12.7 Å². The van der Waals surface area contributed by atoms with Crippen molar-refractivity contribution >= 4 is 5.97 Å². The average Bonchev–Trinajstić information content (AvgIpc) is 1.87. The summed E-state index contributed by atoms with van der Waals surface area (Å²) in [7, 11) is 0. The van der Waals surface area contributed by atoms with Crippen LogP contribution >= 0.6 is 0 Å². The topological polar surface area (TPSA) is 40.1 Å². The summed E-state index contributed by atoms with van der Waals surface area (Å²) in [6, 6.07) is 0. The molecule has 68 valence electrons. The van der Waals surface area contributed by atoms with Crippen LogP contribution in [0.4, 0.5) is 13.2 Å². The maximum absolute atomic E-state index is 10.5. The molecule has 0 radical (unpaired) electrons. The summed E-state index contributed by atoms with van der Waals surface area (Å²) < 4.78 is 31.5. The van der Waals surface area contributed by atoms with Gasteiger partial charge in [0.2, 0.25) is 0 Å². The number of allylic oxidation sites excluding steroid dienone is 1. The summed E-state index contributed by atoms with van der Waals surface area (Å²) in [6.07, 6.45) is -3.49. The van der Waals surface area contributed by atoms with E-state index in [1.54, 1.807) is 6.08 Å². The Hall–Kier alpha value is -0.506. The Balaban J connectivity index is 0. The molecular weight excluding hydrogens is 208 g/mol. The third kappa shape index (κ3) is 12.6. The van der Waals surface area contributed by atoms with Crippen molar-refractivity contribution in [3.05, 3.63) is 12.7 Å². The van der Waals surface area contributed by atoms with Gasteiger partial charge in [0, 0.05) is 0 Å². The molecule has 0 aromatic rings. The molecule has 0 aliphatic heterocycles. The Morgan fingerprint density at radius 3 is 1.82 bits per heavy atom. The van der Waals surface area contributed by atoms with Crippen LogP contribution in [0, 0.1) is 0 Å². The number of hydrogen-bond acceptors (Lipinski definition) is 2. The Morgan fingerprint density at radius 2 is 1.82 bits per heavy atom. The van der Waals surface area contributed by atoms with E-state index in [-0.39, 0.29) is 0 Å². The first-order valence-electron chi connectivity index (χ1n) is 2.27. The van der Waals surface area contributed by atoms with Crippen LogP contribution in [0.1, 0.15) is 0 Å². The van der Waals surface area contributed by atoms with Crippen molar-refractivity contribution in [3.63, 3.8) is 0 Å². The predicted octanol–water partition coefficient (Wildman–Crippen LogP) is 0.436. The molecule has 0 aromatic carbocycles. The number of halogens is 3. The SMILES string of the molecule is C=C[CH2][Ni+].O=C([O-])C(F)(F)F. The van der Waals surface area contributed by atoms with Gasteiger partial charge in [-0.05, 0) is 0 Å². The van der Waals surface area contributed by atoms with Crippen LogP contribution in [0.25, 0.3) is 0 Å². The van der Waals surface area contributed by atoms with Crippen molar-refractivity contribution in [2.45, 2.75) is 11.6 Å². The van der Waals surface area contributed by atoms with E-state index in [1.165, 1.54) is 0 Å². The zero-order chi connectivity index (χ0) is 9.49. The first-order valence-corrected chi connectivity index (χ1v) is 2.96. The summed E-state index contributed by atoms with van der Waals surface area (Å²) in [4.78, 5) is 8.78. The summed E-state index contributed by atoms with van der Waals surface area (Å²) in [6.45, 7) is 3.39. The number of carboxylic acids is 1. The van der Waals surface area contributed by atoms with Gasteiger partial charge in [-0.15, -0.1) is 0 Å². The van der Waals surface area contributed by atoms with Crippen molar-refractivity contribution in [3.8, 4) is 0 Å². The maximum Gasteiger partial charge on any atom is 0.430 e. The van der Waals surface area contributed by atoms with Crippen molar-refractivity contribution in [1.29, 1.82) is 0 Å². The fourth-order valence-corrected chi connectivity index (χ4v) is 0. The molecule has 0 aromatic heterocycles. The molecule has 0 spiro atoms. The quantitative estimate of drug-likeness (QED) is 0.468. The van der Waals surface area contributed by atoms with Gasteiger partial charge < -0.3 is 9.90 Å². The average molecular weight is 213 g/mol. The third-order valence-corrected chi connectivity index (χ3v) is 0.608. The second kappa shape index (κ2) is 6.22. The van der Waals surface area contributed by atoms with Crippen LogP contribution in [-0.2, 0) is 20.3 Å². The van der Waals surface area contributed by atoms with E-state index in [1.807, 2.05) is 0 Å². The molecule has 0 atom stereocenters. The van der Waals surface area contributed by atoms with Gasteiger partial charge >= 0.3 is 39.7 Å². The number of hydrogen-bond donors (Lipinski definition) is 0. The van der Waals surface area contributed by atoms with Crippen molar-refractivity contribution in [2.24, 2.45) is 0 Å². The van der Waals surface area contributed by atoms with E-state index >= 15 is 0 Å². The van der Waals surface area contributed by atoms with Crippen LogP contribution in [0.2, 0.25) is 5.39 Å². The molecule has 0 fully saturated rings. The Labute approximate surface area is 69.5 Å². The predicted molar refractivity (Wildman–Crippen MR) is 26.1 cm³/mol. The third-order valence-electron chi connectivity index (χ3n) is 0.323. The monoisotopic (exact) mass is 212 g/mol. The van der Waals surface area contributed by atoms with Gasteiger partial charge in [0.1, 0.15) is 5.97 Å². The van der Waals surface area contributed by atoms with Gasteiger partial charge in [-0.1, -0.05) is 0 Å². The van der Waals surface area contributed by atoms with Gasteiger partial charge in [-0.2, -0.15) is 13.2 Å². The van der Waals surface area contributed by atoms with Crippen LogP contribution in [0.5, 0.6) is 0 Å². The summed E-state index contributed by atoms with van der Waals surface area (Å²) in [5.74, 6) is -3.01. The van der Waals surface area contributed by atoms with E-state index in [2.05, 4.69) is 22.0 Å². The smallest absolute Gasteiger partial charge is 0.430 e. The summed E-state index contributed by atoms with van der Waals surface area (Å²) in [5, 5.41) is 9.49. The zero-order valence-electron chi connectivity index (χ0n) is 5.26. The van der Waals surface area contributed by atoms with Gasteiger partial charge in [0.15, 0.2) is 0 Å². The zero-order valence-corrected chi connectivity index (χ0v) is 6.25. The minimum absolute atomic E-state index is 0.708. The number of carboxylic acid groups (broad SMARTS) is 1. The molecule has 2 nitrogen and oxygen atoms in total. The van der Waals surface area contributed by atoms with E-state index in [9.17, 15) is 13.2 Å². The maximum atomic E-state index is 10.5. The fraction of sp³-hybridized carbons (Fsp3) is 0.400. The van der Waals surface area contributed by atoms with Gasteiger partial charge in [0.05, 0.1) is 0 Å². The largest absolute Gasteiger partial charge is 0.542 e.